The van der Waals surface area contributed by atoms with Gasteiger partial charge in [0.05, 0.1) is 23.5 Å². The van der Waals surface area contributed by atoms with Gasteiger partial charge in [0.2, 0.25) is 11.8 Å². The summed E-state index contributed by atoms with van der Waals surface area (Å²) in [4.78, 5) is 41.4. The van der Waals surface area contributed by atoms with Crippen LogP contribution in [0.2, 0.25) is 0 Å². The molecular formula is C22H27N5O3. The number of aromatic nitrogens is 2. The third-order valence-electron chi connectivity index (χ3n) is 6.20. The number of amides is 2. The minimum absolute atomic E-state index is 0.0167. The first kappa shape index (κ1) is 20.1. The van der Waals surface area contributed by atoms with Crippen molar-refractivity contribution in [3.05, 3.63) is 42.1 Å². The maximum atomic E-state index is 13.3. The van der Waals surface area contributed by atoms with E-state index in [9.17, 15) is 14.4 Å². The number of piperidine rings is 1. The molecule has 4 rings (SSSR count). The Kier molecular flexibility index (Phi) is 5.57. The molecule has 0 saturated carbocycles. The van der Waals surface area contributed by atoms with Gasteiger partial charge in [-0.3, -0.25) is 14.4 Å². The van der Waals surface area contributed by atoms with E-state index < -0.39 is 6.04 Å². The van der Waals surface area contributed by atoms with Crippen molar-refractivity contribution >= 4 is 23.4 Å². The number of benzene rings is 1. The van der Waals surface area contributed by atoms with Crippen LogP contribution in [0.1, 0.15) is 43.0 Å². The first-order valence-corrected chi connectivity index (χ1v) is 10.5. The fourth-order valence-electron chi connectivity index (χ4n) is 4.48. The van der Waals surface area contributed by atoms with Crippen LogP contribution < -0.4 is 5.73 Å². The van der Waals surface area contributed by atoms with Crippen molar-refractivity contribution in [3.8, 4) is 5.69 Å². The SMILES string of the molecule is CC(=O)N1CCC(C(=O)N2CCC[C@@H]2C(=O)c2cnn(-c3ccccc3)c2N)CC1. The van der Waals surface area contributed by atoms with Gasteiger partial charge in [-0.25, -0.2) is 4.68 Å². The van der Waals surface area contributed by atoms with E-state index in [1.54, 1.807) is 21.4 Å². The number of rotatable bonds is 4. The molecule has 0 radical (unpaired) electrons. The summed E-state index contributed by atoms with van der Waals surface area (Å²) in [6, 6.07) is 8.91. The Morgan fingerprint density at radius 1 is 1.03 bits per heavy atom. The molecule has 1 atom stereocenters. The molecule has 2 fully saturated rings. The third kappa shape index (κ3) is 3.69. The molecule has 2 N–H and O–H groups in total. The molecule has 8 nitrogen and oxygen atoms in total. The summed E-state index contributed by atoms with van der Waals surface area (Å²) in [7, 11) is 0. The first-order chi connectivity index (χ1) is 14.5. The zero-order valence-corrected chi connectivity index (χ0v) is 17.2. The summed E-state index contributed by atoms with van der Waals surface area (Å²) < 4.78 is 1.55. The number of hydrogen-bond acceptors (Lipinski definition) is 5. The number of nitrogen functional groups attached to an aromatic ring is 1. The van der Waals surface area contributed by atoms with Crippen LogP contribution in [0.4, 0.5) is 5.82 Å². The summed E-state index contributed by atoms with van der Waals surface area (Å²) in [6.07, 6.45) is 4.21. The quantitative estimate of drug-likeness (QED) is 0.777. The second kappa shape index (κ2) is 8.30. The molecule has 0 spiro atoms. The van der Waals surface area contributed by atoms with Crippen LogP contribution >= 0.6 is 0 Å². The number of para-hydroxylation sites is 1. The van der Waals surface area contributed by atoms with Crippen molar-refractivity contribution in [2.45, 2.75) is 38.6 Å². The Morgan fingerprint density at radius 2 is 1.73 bits per heavy atom. The lowest BCUT2D eigenvalue weighted by molar-refractivity contribution is -0.140. The van der Waals surface area contributed by atoms with Gasteiger partial charge in [-0.1, -0.05) is 18.2 Å². The fourth-order valence-corrected chi connectivity index (χ4v) is 4.48. The number of Topliss-reactive ketones (excluding diaryl/α,β-unsaturated/α-hetero) is 1. The topological polar surface area (TPSA) is 102 Å². The second-order valence-electron chi connectivity index (χ2n) is 8.03. The number of carbonyl (C=O) groups excluding carboxylic acids is 3. The lowest BCUT2D eigenvalue weighted by Crippen LogP contribution is -2.47. The highest BCUT2D eigenvalue weighted by atomic mass is 16.2. The smallest absolute Gasteiger partial charge is 0.226 e. The highest BCUT2D eigenvalue weighted by Crippen LogP contribution is 2.29. The van der Waals surface area contributed by atoms with Crippen molar-refractivity contribution in [3.63, 3.8) is 0 Å². The molecule has 30 heavy (non-hydrogen) atoms. The average molecular weight is 409 g/mol. The van der Waals surface area contributed by atoms with Gasteiger partial charge in [-0.05, 0) is 37.8 Å². The predicted octanol–water partition coefficient (Wildman–Crippen LogP) is 1.89. The number of nitrogens with zero attached hydrogens (tertiary/aromatic N) is 4. The maximum absolute atomic E-state index is 13.3. The highest BCUT2D eigenvalue weighted by Gasteiger charge is 2.39. The van der Waals surface area contributed by atoms with Crippen molar-refractivity contribution in [2.75, 3.05) is 25.4 Å². The molecule has 0 bridgehead atoms. The van der Waals surface area contributed by atoms with E-state index in [2.05, 4.69) is 5.10 Å². The molecule has 3 heterocycles. The Hall–Kier alpha value is -3.16. The number of nitrogens with two attached hydrogens (primary N) is 1. The molecule has 8 heteroatoms. The first-order valence-electron chi connectivity index (χ1n) is 10.5. The lowest BCUT2D eigenvalue weighted by atomic mass is 9.94. The highest BCUT2D eigenvalue weighted by molar-refractivity contribution is 6.05. The zero-order valence-electron chi connectivity index (χ0n) is 17.2. The molecule has 1 aromatic heterocycles. The second-order valence-corrected chi connectivity index (χ2v) is 8.03. The normalized spacial score (nSPS) is 19.8. The number of hydrogen-bond donors (Lipinski definition) is 1. The molecule has 0 aliphatic carbocycles. The van der Waals surface area contributed by atoms with Crippen molar-refractivity contribution in [2.24, 2.45) is 5.92 Å². The van der Waals surface area contributed by atoms with Crippen LogP contribution in [0.3, 0.4) is 0 Å². The molecule has 2 amide bonds. The lowest BCUT2D eigenvalue weighted by Gasteiger charge is -2.34. The van der Waals surface area contributed by atoms with Gasteiger partial charge in [0.15, 0.2) is 5.78 Å². The maximum Gasteiger partial charge on any atom is 0.226 e. The molecular weight excluding hydrogens is 382 g/mol. The molecule has 158 valence electrons. The minimum atomic E-state index is -0.501. The molecule has 2 aromatic rings. The van der Waals surface area contributed by atoms with E-state index in [4.69, 9.17) is 5.73 Å². The summed E-state index contributed by atoms with van der Waals surface area (Å²) >= 11 is 0. The van der Waals surface area contributed by atoms with Crippen molar-refractivity contribution < 1.29 is 14.4 Å². The van der Waals surface area contributed by atoms with Crippen LogP contribution in [0.15, 0.2) is 36.5 Å². The van der Waals surface area contributed by atoms with Crippen LogP contribution in [0.25, 0.3) is 5.69 Å². The van der Waals surface area contributed by atoms with E-state index in [1.807, 2.05) is 30.3 Å². The van der Waals surface area contributed by atoms with Crippen LogP contribution in [0, 0.1) is 5.92 Å². The molecule has 1 aromatic carbocycles. The van der Waals surface area contributed by atoms with Crippen molar-refractivity contribution in [1.29, 1.82) is 0 Å². The van der Waals surface area contributed by atoms with Gasteiger partial charge < -0.3 is 15.5 Å². The Labute approximate surface area is 175 Å². The minimum Gasteiger partial charge on any atom is -0.383 e. The van der Waals surface area contributed by atoms with Gasteiger partial charge in [-0.15, -0.1) is 0 Å². The summed E-state index contributed by atoms with van der Waals surface area (Å²) in [6.45, 7) is 3.32. The van der Waals surface area contributed by atoms with Gasteiger partial charge in [0.25, 0.3) is 0 Å². The molecule has 0 unspecified atom stereocenters. The molecule has 2 aliphatic heterocycles. The largest absolute Gasteiger partial charge is 0.383 e. The summed E-state index contributed by atoms with van der Waals surface area (Å²) in [5.74, 6) is 0.0597. The number of anilines is 1. The Bertz CT molecular complexity index is 947. The number of likely N-dealkylation sites (tertiary alicyclic amines) is 2. The molecule has 2 aliphatic rings. The van der Waals surface area contributed by atoms with Crippen LogP contribution in [-0.2, 0) is 9.59 Å². The van der Waals surface area contributed by atoms with Gasteiger partial charge >= 0.3 is 0 Å². The van der Waals surface area contributed by atoms with E-state index in [0.717, 1.165) is 12.1 Å². The summed E-state index contributed by atoms with van der Waals surface area (Å²) in [5.41, 5.74) is 7.39. The van der Waals surface area contributed by atoms with Gasteiger partial charge in [0, 0.05) is 32.5 Å². The average Bonchev–Trinajstić information content (AvgIpc) is 3.40. The number of carbonyl (C=O) groups is 3. The third-order valence-corrected chi connectivity index (χ3v) is 6.20. The van der Waals surface area contributed by atoms with Gasteiger partial charge in [0.1, 0.15) is 5.82 Å². The van der Waals surface area contributed by atoms with E-state index in [0.29, 0.717) is 50.3 Å². The van der Waals surface area contributed by atoms with E-state index in [1.165, 1.54) is 6.20 Å². The zero-order chi connectivity index (χ0) is 21.3. The summed E-state index contributed by atoms with van der Waals surface area (Å²) in [5, 5.41) is 4.29. The monoisotopic (exact) mass is 409 g/mol. The Morgan fingerprint density at radius 3 is 2.40 bits per heavy atom. The Balaban J connectivity index is 1.49. The number of ketones is 1. The van der Waals surface area contributed by atoms with Crippen LogP contribution in [-0.4, -0.2) is 62.9 Å². The van der Waals surface area contributed by atoms with E-state index >= 15 is 0 Å². The van der Waals surface area contributed by atoms with E-state index in [-0.39, 0.29) is 23.5 Å². The standard InChI is InChI=1S/C22H27N5O3/c1-15(28)25-12-9-16(10-13-25)22(30)26-11-5-8-19(26)20(29)18-14-24-27(21(18)23)17-6-3-2-4-7-17/h2-4,6-7,14,16,19H,5,8-13,23H2,1H3/t19-/m1/s1. The molecule has 2 saturated heterocycles. The van der Waals surface area contributed by atoms with Crippen molar-refractivity contribution in [1.82, 2.24) is 19.6 Å². The van der Waals surface area contributed by atoms with Gasteiger partial charge in [-0.2, -0.15) is 5.10 Å². The van der Waals surface area contributed by atoms with Crippen LogP contribution in [0.5, 0.6) is 0 Å². The predicted molar refractivity (Wildman–Crippen MR) is 112 cm³/mol. The fraction of sp³-hybridized carbons (Fsp3) is 0.455.